The topological polar surface area (TPSA) is 79.0 Å². The highest BCUT2D eigenvalue weighted by molar-refractivity contribution is 5.98. The number of benzene rings is 1. The first-order valence-corrected chi connectivity index (χ1v) is 12.5. The Bertz CT molecular complexity index is 1310. The molecule has 0 spiro atoms. The molecule has 0 saturated carbocycles. The molecule has 1 aliphatic rings. The molecular weight excluding hydrogens is 436 g/mol. The second-order valence-electron chi connectivity index (χ2n) is 10.2. The lowest BCUT2D eigenvalue weighted by molar-refractivity contribution is -0.137. The van der Waals surface area contributed by atoms with E-state index in [1.165, 1.54) is 5.56 Å². The zero-order valence-corrected chi connectivity index (χ0v) is 21.3. The Labute approximate surface area is 207 Å². The number of pyridine rings is 1. The molecule has 2 aromatic heterocycles. The zero-order valence-electron chi connectivity index (χ0n) is 21.3. The van der Waals surface area contributed by atoms with Gasteiger partial charge in [0.1, 0.15) is 5.65 Å². The number of rotatable bonds is 6. The van der Waals surface area contributed by atoms with Crippen LogP contribution in [-0.4, -0.2) is 39.2 Å². The standard InChI is InChI=1S/C29H34N4O2/c1-18(2)19(3)29(35)33-11-9-22(10-12-33)25-17-32(5)28-27(25)20(4)24(16-31-28)14-26(34)23-8-6-7-21(13-23)15-30/h6-8,13,16-19,22H,9-12,14H2,1-5H3/t19-/m1/s1. The van der Waals surface area contributed by atoms with Crippen molar-refractivity contribution in [3.8, 4) is 6.07 Å². The minimum absolute atomic E-state index is 0.0186. The van der Waals surface area contributed by atoms with Crippen molar-refractivity contribution in [3.63, 3.8) is 0 Å². The number of aromatic nitrogens is 2. The number of carbonyl (C=O) groups is 2. The van der Waals surface area contributed by atoms with Gasteiger partial charge in [0.25, 0.3) is 0 Å². The molecule has 182 valence electrons. The molecule has 35 heavy (non-hydrogen) atoms. The van der Waals surface area contributed by atoms with Gasteiger partial charge in [0.05, 0.1) is 11.6 Å². The van der Waals surface area contributed by atoms with E-state index < -0.39 is 0 Å². The molecule has 0 radical (unpaired) electrons. The third kappa shape index (κ3) is 4.86. The lowest BCUT2D eigenvalue weighted by atomic mass is 9.86. The molecule has 1 fully saturated rings. The van der Waals surface area contributed by atoms with Gasteiger partial charge >= 0.3 is 0 Å². The van der Waals surface area contributed by atoms with Crippen LogP contribution in [0, 0.1) is 30.1 Å². The second-order valence-corrected chi connectivity index (χ2v) is 10.2. The van der Waals surface area contributed by atoms with Gasteiger partial charge in [-0.25, -0.2) is 4.98 Å². The van der Waals surface area contributed by atoms with Gasteiger partial charge in [-0.3, -0.25) is 9.59 Å². The molecule has 0 unspecified atom stereocenters. The zero-order chi connectivity index (χ0) is 25.3. The summed E-state index contributed by atoms with van der Waals surface area (Å²) >= 11 is 0. The van der Waals surface area contributed by atoms with Crippen molar-refractivity contribution in [2.24, 2.45) is 18.9 Å². The van der Waals surface area contributed by atoms with Crippen LogP contribution in [-0.2, 0) is 18.3 Å². The minimum atomic E-state index is -0.0186. The van der Waals surface area contributed by atoms with E-state index in [-0.39, 0.29) is 24.0 Å². The largest absolute Gasteiger partial charge is 0.342 e. The fourth-order valence-corrected chi connectivity index (χ4v) is 5.09. The van der Waals surface area contributed by atoms with Gasteiger partial charge in [-0.1, -0.05) is 32.9 Å². The number of ketones is 1. The van der Waals surface area contributed by atoms with Gasteiger partial charge in [0, 0.05) is 55.8 Å². The third-order valence-electron chi connectivity index (χ3n) is 7.68. The number of piperidine rings is 1. The number of carbonyl (C=O) groups excluding carboxylic acids is 2. The van der Waals surface area contributed by atoms with Crippen LogP contribution in [0.3, 0.4) is 0 Å². The fourth-order valence-electron chi connectivity index (χ4n) is 5.09. The Kier molecular flexibility index (Phi) is 7.07. The summed E-state index contributed by atoms with van der Waals surface area (Å²) in [6.45, 7) is 9.85. The van der Waals surface area contributed by atoms with E-state index in [0.717, 1.165) is 48.1 Å². The smallest absolute Gasteiger partial charge is 0.225 e. The summed E-state index contributed by atoms with van der Waals surface area (Å²) < 4.78 is 2.07. The van der Waals surface area contributed by atoms with Gasteiger partial charge in [-0.15, -0.1) is 0 Å². The SMILES string of the molecule is Cc1c(CC(=O)c2cccc(C#N)c2)cnc2c1c(C1CCN(C(=O)[C@H](C)C(C)C)CC1)cn2C. The highest BCUT2D eigenvalue weighted by Crippen LogP contribution is 2.36. The molecule has 0 N–H and O–H groups in total. The van der Waals surface area contributed by atoms with Crippen molar-refractivity contribution in [1.82, 2.24) is 14.5 Å². The molecule has 3 heterocycles. The molecule has 1 aliphatic heterocycles. The van der Waals surface area contributed by atoms with Gasteiger partial charge in [0.15, 0.2) is 5.78 Å². The highest BCUT2D eigenvalue weighted by Gasteiger charge is 2.30. The predicted octanol–water partition coefficient (Wildman–Crippen LogP) is 5.18. The molecule has 0 bridgehead atoms. The van der Waals surface area contributed by atoms with E-state index in [4.69, 9.17) is 10.2 Å². The first-order chi connectivity index (χ1) is 16.7. The number of hydrogen-bond acceptors (Lipinski definition) is 4. The van der Waals surface area contributed by atoms with Crippen LogP contribution in [0.2, 0.25) is 0 Å². The van der Waals surface area contributed by atoms with E-state index in [1.54, 1.807) is 24.3 Å². The quantitative estimate of drug-likeness (QED) is 0.465. The van der Waals surface area contributed by atoms with Crippen molar-refractivity contribution in [2.75, 3.05) is 13.1 Å². The number of aryl methyl sites for hydroxylation is 2. The minimum Gasteiger partial charge on any atom is -0.342 e. The van der Waals surface area contributed by atoms with Crippen LogP contribution in [0.4, 0.5) is 0 Å². The maximum Gasteiger partial charge on any atom is 0.225 e. The van der Waals surface area contributed by atoms with Crippen molar-refractivity contribution in [2.45, 2.75) is 52.9 Å². The second kappa shape index (κ2) is 10.0. The molecule has 6 nitrogen and oxygen atoms in total. The van der Waals surface area contributed by atoms with E-state index in [0.29, 0.717) is 23.0 Å². The van der Waals surface area contributed by atoms with Gasteiger partial charge < -0.3 is 9.47 Å². The monoisotopic (exact) mass is 470 g/mol. The van der Waals surface area contributed by atoms with Crippen LogP contribution in [0.25, 0.3) is 11.0 Å². The third-order valence-corrected chi connectivity index (χ3v) is 7.68. The molecule has 1 atom stereocenters. The Morgan fingerprint density at radius 1 is 1.20 bits per heavy atom. The Morgan fingerprint density at radius 2 is 1.91 bits per heavy atom. The summed E-state index contributed by atoms with van der Waals surface area (Å²) in [7, 11) is 2.01. The van der Waals surface area contributed by atoms with Crippen molar-refractivity contribution >= 4 is 22.7 Å². The van der Waals surface area contributed by atoms with Crippen LogP contribution in [0.5, 0.6) is 0 Å². The first-order valence-electron chi connectivity index (χ1n) is 12.5. The Morgan fingerprint density at radius 3 is 2.57 bits per heavy atom. The molecule has 1 amide bonds. The summed E-state index contributed by atoms with van der Waals surface area (Å²) in [5, 5.41) is 10.3. The van der Waals surface area contributed by atoms with E-state index >= 15 is 0 Å². The van der Waals surface area contributed by atoms with Crippen LogP contribution >= 0.6 is 0 Å². The molecule has 0 aliphatic carbocycles. The normalized spacial score (nSPS) is 15.4. The Hall–Kier alpha value is -3.46. The number of nitriles is 1. The summed E-state index contributed by atoms with van der Waals surface area (Å²) in [5.74, 6) is 0.987. The number of amides is 1. The molecule has 1 saturated heterocycles. The highest BCUT2D eigenvalue weighted by atomic mass is 16.2. The lowest BCUT2D eigenvalue weighted by Crippen LogP contribution is -2.41. The van der Waals surface area contributed by atoms with E-state index in [2.05, 4.69) is 37.6 Å². The molecule has 1 aromatic carbocycles. The van der Waals surface area contributed by atoms with E-state index in [9.17, 15) is 9.59 Å². The van der Waals surface area contributed by atoms with Crippen LogP contribution in [0.15, 0.2) is 36.7 Å². The maximum absolute atomic E-state index is 13.0. The summed E-state index contributed by atoms with van der Waals surface area (Å²) in [6, 6.07) is 8.95. The number of fused-ring (bicyclic) bond motifs is 1. The molecule has 4 rings (SSSR count). The number of nitrogens with zero attached hydrogens (tertiary/aromatic N) is 4. The lowest BCUT2D eigenvalue weighted by Gasteiger charge is -2.34. The van der Waals surface area contributed by atoms with Crippen molar-refractivity contribution in [3.05, 3.63) is 64.5 Å². The predicted molar refractivity (Wildman–Crippen MR) is 137 cm³/mol. The summed E-state index contributed by atoms with van der Waals surface area (Å²) in [5.41, 5.74) is 5.21. The molecular formula is C29H34N4O2. The van der Waals surface area contributed by atoms with Gasteiger partial charge in [-0.05, 0) is 60.4 Å². The first kappa shape index (κ1) is 24.7. The maximum atomic E-state index is 13.0. The van der Waals surface area contributed by atoms with Crippen molar-refractivity contribution < 1.29 is 9.59 Å². The summed E-state index contributed by atoms with van der Waals surface area (Å²) in [4.78, 5) is 32.5. The van der Waals surface area contributed by atoms with Gasteiger partial charge in [-0.2, -0.15) is 5.26 Å². The van der Waals surface area contributed by atoms with Crippen molar-refractivity contribution in [1.29, 1.82) is 5.26 Å². The number of hydrogen-bond donors (Lipinski definition) is 0. The van der Waals surface area contributed by atoms with E-state index in [1.807, 2.05) is 25.1 Å². The average Bonchev–Trinajstić information content (AvgIpc) is 3.21. The molecule has 6 heteroatoms. The Balaban J connectivity index is 1.58. The van der Waals surface area contributed by atoms with Crippen LogP contribution in [0.1, 0.15) is 72.1 Å². The number of likely N-dealkylation sites (tertiary alicyclic amines) is 1. The summed E-state index contributed by atoms with van der Waals surface area (Å²) in [6.07, 6.45) is 6.09. The molecule has 3 aromatic rings. The number of Topliss-reactive ketones (excluding diaryl/α,β-unsaturated/α-hetero) is 1. The average molecular weight is 471 g/mol. The van der Waals surface area contributed by atoms with Crippen LogP contribution < -0.4 is 0 Å². The fraction of sp³-hybridized carbons (Fsp3) is 0.448. The van der Waals surface area contributed by atoms with Gasteiger partial charge in [0.2, 0.25) is 5.91 Å².